The van der Waals surface area contributed by atoms with Crippen molar-refractivity contribution in [1.82, 2.24) is 0 Å². The molecule has 1 aliphatic heterocycles. The lowest BCUT2D eigenvalue weighted by molar-refractivity contribution is -0.127. The van der Waals surface area contributed by atoms with Crippen LogP contribution in [-0.2, 0) is 9.53 Å². The Bertz CT molecular complexity index is 226. The van der Waals surface area contributed by atoms with Crippen LogP contribution >= 0.6 is 0 Å². The number of carbonyl (C=O) groups excluding carboxylic acids is 1. The number of unbranched alkanes of at least 4 members (excludes halogenated alkanes) is 2. The molecule has 1 aliphatic rings. The topological polar surface area (TPSA) is 26.3 Å². The van der Waals surface area contributed by atoms with Gasteiger partial charge in [-0.05, 0) is 26.7 Å². The summed E-state index contributed by atoms with van der Waals surface area (Å²) in [5.41, 5.74) is 0.250. The Kier molecular flexibility index (Phi) is 3.12. The first-order valence-corrected chi connectivity index (χ1v) is 4.99. The maximum Gasteiger partial charge on any atom is 0.204 e. The van der Waals surface area contributed by atoms with Crippen LogP contribution in [0, 0.1) is 0 Å². The lowest BCUT2D eigenvalue weighted by Crippen LogP contribution is -2.29. The second-order valence-corrected chi connectivity index (χ2v) is 4.06. The lowest BCUT2D eigenvalue weighted by Gasteiger charge is -2.15. The van der Waals surface area contributed by atoms with Crippen LogP contribution in [0.4, 0.5) is 0 Å². The molecule has 0 radical (unpaired) electrons. The van der Waals surface area contributed by atoms with Gasteiger partial charge in [0.15, 0.2) is 5.60 Å². The van der Waals surface area contributed by atoms with Crippen molar-refractivity contribution in [2.75, 3.05) is 0 Å². The summed E-state index contributed by atoms with van der Waals surface area (Å²) in [6.45, 7) is 5.79. The smallest absolute Gasteiger partial charge is 0.204 e. The van der Waals surface area contributed by atoms with E-state index in [9.17, 15) is 4.79 Å². The summed E-state index contributed by atoms with van der Waals surface area (Å²) < 4.78 is 5.28. The summed E-state index contributed by atoms with van der Waals surface area (Å²) in [4.78, 5) is 11.6. The molecule has 13 heavy (non-hydrogen) atoms. The number of carbonyl (C=O) groups is 1. The third kappa shape index (κ3) is 2.33. The van der Waals surface area contributed by atoms with Gasteiger partial charge in [0, 0.05) is 5.57 Å². The molecule has 0 aromatic heterocycles. The molecule has 2 heteroatoms. The van der Waals surface area contributed by atoms with Crippen LogP contribution in [0.15, 0.2) is 11.8 Å². The highest BCUT2D eigenvalue weighted by atomic mass is 16.5. The second kappa shape index (κ2) is 3.95. The number of Topliss-reactive ketones (excluding diaryl/α,β-unsaturated/α-hetero) is 1. The molecule has 0 saturated carbocycles. The minimum Gasteiger partial charge on any atom is -0.487 e. The van der Waals surface area contributed by atoms with Gasteiger partial charge in [-0.15, -0.1) is 0 Å². The van der Waals surface area contributed by atoms with Crippen molar-refractivity contribution < 1.29 is 9.53 Å². The molecule has 0 unspecified atom stereocenters. The van der Waals surface area contributed by atoms with Gasteiger partial charge in [0.2, 0.25) is 5.78 Å². The molecule has 2 nitrogen and oxygen atoms in total. The molecule has 0 atom stereocenters. The van der Waals surface area contributed by atoms with Crippen molar-refractivity contribution in [2.24, 2.45) is 0 Å². The maximum atomic E-state index is 11.6. The van der Waals surface area contributed by atoms with E-state index in [2.05, 4.69) is 6.92 Å². The first-order valence-electron chi connectivity index (χ1n) is 4.99. The van der Waals surface area contributed by atoms with E-state index in [4.69, 9.17) is 4.74 Å². The first kappa shape index (κ1) is 10.3. The van der Waals surface area contributed by atoms with Gasteiger partial charge in [0.25, 0.3) is 0 Å². The fraction of sp³-hybridized carbons (Fsp3) is 0.727. The molecule has 0 fully saturated rings. The molecule has 1 heterocycles. The highest BCUT2D eigenvalue weighted by Gasteiger charge is 2.36. The van der Waals surface area contributed by atoms with Crippen LogP contribution in [0.3, 0.4) is 0 Å². The van der Waals surface area contributed by atoms with E-state index in [0.29, 0.717) is 0 Å². The van der Waals surface area contributed by atoms with Gasteiger partial charge in [-0.2, -0.15) is 0 Å². The number of hydrogen-bond donors (Lipinski definition) is 0. The number of hydrogen-bond acceptors (Lipinski definition) is 2. The Balaban J connectivity index is 2.41. The molecule has 0 saturated heterocycles. The van der Waals surface area contributed by atoms with Gasteiger partial charge in [0.05, 0.1) is 6.26 Å². The van der Waals surface area contributed by atoms with Crippen molar-refractivity contribution in [1.29, 1.82) is 0 Å². The van der Waals surface area contributed by atoms with E-state index in [1.165, 1.54) is 12.8 Å². The van der Waals surface area contributed by atoms with Gasteiger partial charge in [0.1, 0.15) is 0 Å². The molecule has 0 aliphatic carbocycles. The van der Waals surface area contributed by atoms with E-state index in [-0.39, 0.29) is 5.78 Å². The molecular formula is C11H18O2. The van der Waals surface area contributed by atoms with Crippen LogP contribution in [0.1, 0.15) is 46.5 Å². The van der Waals surface area contributed by atoms with Gasteiger partial charge in [-0.3, -0.25) is 4.79 Å². The van der Waals surface area contributed by atoms with E-state index >= 15 is 0 Å². The minimum absolute atomic E-state index is 0.156. The van der Waals surface area contributed by atoms with Gasteiger partial charge in [-0.25, -0.2) is 0 Å². The lowest BCUT2D eigenvalue weighted by atomic mass is 9.96. The standard InChI is InChI=1S/C11H18O2/c1-4-5-6-7-9-8-13-11(2,3)10(9)12/h8H,4-7H2,1-3H3. The van der Waals surface area contributed by atoms with Crippen LogP contribution in [0.2, 0.25) is 0 Å². The van der Waals surface area contributed by atoms with Crippen molar-refractivity contribution >= 4 is 5.78 Å². The molecule has 74 valence electrons. The predicted octanol–water partition coefficient (Wildman–Crippen LogP) is 2.83. The average Bonchev–Trinajstić information content (AvgIpc) is 2.32. The van der Waals surface area contributed by atoms with E-state index in [1.54, 1.807) is 6.26 Å². The molecule has 0 N–H and O–H groups in total. The average molecular weight is 182 g/mol. The summed E-state index contributed by atoms with van der Waals surface area (Å²) >= 11 is 0. The monoisotopic (exact) mass is 182 g/mol. The van der Waals surface area contributed by atoms with Gasteiger partial charge in [-0.1, -0.05) is 19.8 Å². The largest absolute Gasteiger partial charge is 0.487 e. The summed E-state index contributed by atoms with van der Waals surface area (Å²) in [7, 11) is 0. The first-order chi connectivity index (χ1) is 6.08. The molecule has 1 rings (SSSR count). The Morgan fingerprint density at radius 3 is 2.54 bits per heavy atom. The summed E-state index contributed by atoms with van der Waals surface area (Å²) in [5.74, 6) is 0.156. The van der Waals surface area contributed by atoms with Crippen LogP contribution in [-0.4, -0.2) is 11.4 Å². The minimum atomic E-state index is -0.610. The van der Waals surface area contributed by atoms with Crippen molar-refractivity contribution in [3.05, 3.63) is 11.8 Å². The second-order valence-electron chi connectivity index (χ2n) is 4.06. The number of rotatable bonds is 4. The summed E-state index contributed by atoms with van der Waals surface area (Å²) in [6, 6.07) is 0. The molecule has 0 aromatic rings. The van der Waals surface area contributed by atoms with E-state index in [0.717, 1.165) is 18.4 Å². The Labute approximate surface area is 80.0 Å². The van der Waals surface area contributed by atoms with Crippen molar-refractivity contribution in [2.45, 2.75) is 52.1 Å². The highest BCUT2D eigenvalue weighted by molar-refractivity contribution is 6.02. The zero-order valence-corrected chi connectivity index (χ0v) is 8.72. The third-order valence-electron chi connectivity index (χ3n) is 2.38. The maximum absolute atomic E-state index is 11.6. The summed E-state index contributed by atoms with van der Waals surface area (Å²) in [6.07, 6.45) is 5.97. The number of ketones is 1. The van der Waals surface area contributed by atoms with Crippen LogP contribution in [0.25, 0.3) is 0 Å². The van der Waals surface area contributed by atoms with Crippen molar-refractivity contribution in [3.8, 4) is 0 Å². The molecule has 0 spiro atoms. The Hall–Kier alpha value is -0.790. The van der Waals surface area contributed by atoms with Crippen molar-refractivity contribution in [3.63, 3.8) is 0 Å². The Morgan fingerprint density at radius 1 is 1.38 bits per heavy atom. The third-order valence-corrected chi connectivity index (χ3v) is 2.38. The quantitative estimate of drug-likeness (QED) is 0.625. The van der Waals surface area contributed by atoms with E-state index < -0.39 is 5.60 Å². The van der Waals surface area contributed by atoms with Crippen LogP contribution < -0.4 is 0 Å². The molecule has 0 bridgehead atoms. The Morgan fingerprint density at radius 2 is 2.08 bits per heavy atom. The molecule has 0 aromatic carbocycles. The van der Waals surface area contributed by atoms with E-state index in [1.807, 2.05) is 13.8 Å². The zero-order chi connectivity index (χ0) is 9.90. The fourth-order valence-electron chi connectivity index (χ4n) is 1.45. The SMILES string of the molecule is CCCCCC1=COC(C)(C)C1=O. The van der Waals surface area contributed by atoms with Gasteiger partial charge < -0.3 is 4.74 Å². The molecular weight excluding hydrogens is 164 g/mol. The normalized spacial score (nSPS) is 19.9. The summed E-state index contributed by atoms with van der Waals surface area (Å²) in [5, 5.41) is 0. The fourth-order valence-corrected chi connectivity index (χ4v) is 1.45. The highest BCUT2D eigenvalue weighted by Crippen LogP contribution is 2.27. The van der Waals surface area contributed by atoms with Gasteiger partial charge >= 0.3 is 0 Å². The predicted molar refractivity (Wildman–Crippen MR) is 52.4 cm³/mol. The zero-order valence-electron chi connectivity index (χ0n) is 8.72. The molecule has 0 amide bonds. The van der Waals surface area contributed by atoms with Crippen LogP contribution in [0.5, 0.6) is 0 Å². The number of ether oxygens (including phenoxy) is 1.